The maximum atomic E-state index is 13.3. The Hall–Kier alpha value is -3.41. The zero-order valence-electron chi connectivity index (χ0n) is 18.5. The molecule has 0 N–H and O–H groups in total. The molecule has 0 atom stereocenters. The van der Waals surface area contributed by atoms with Gasteiger partial charge in [0.1, 0.15) is 0 Å². The van der Waals surface area contributed by atoms with Crippen LogP contribution < -0.4 is 10.5 Å². The predicted molar refractivity (Wildman–Crippen MR) is 125 cm³/mol. The van der Waals surface area contributed by atoms with E-state index in [1.165, 1.54) is 16.8 Å². The average Bonchev–Trinajstić information content (AvgIpc) is 3.25. The largest absolute Gasteiger partial charge is 0.371 e. The molecular formula is C25H27N5O. The van der Waals surface area contributed by atoms with Crippen LogP contribution in [0.1, 0.15) is 31.7 Å². The van der Waals surface area contributed by atoms with Crippen molar-refractivity contribution in [1.82, 2.24) is 19.3 Å². The Bertz CT molecular complexity index is 1330. The molecule has 31 heavy (non-hydrogen) atoms. The smallest absolute Gasteiger partial charge is 0.282 e. The molecule has 4 heterocycles. The van der Waals surface area contributed by atoms with E-state index in [-0.39, 0.29) is 5.56 Å². The molecule has 1 aliphatic heterocycles. The van der Waals surface area contributed by atoms with E-state index in [0.717, 1.165) is 35.6 Å². The molecule has 0 aliphatic carbocycles. The van der Waals surface area contributed by atoms with Crippen molar-refractivity contribution in [3.63, 3.8) is 0 Å². The Morgan fingerprint density at radius 3 is 2.52 bits per heavy atom. The van der Waals surface area contributed by atoms with Crippen molar-refractivity contribution in [2.75, 3.05) is 18.0 Å². The van der Waals surface area contributed by atoms with Crippen molar-refractivity contribution in [1.29, 1.82) is 0 Å². The Balaban J connectivity index is 1.64. The molecule has 158 valence electrons. The summed E-state index contributed by atoms with van der Waals surface area (Å²) in [6.07, 6.45) is 4.64. The monoisotopic (exact) mass is 413 g/mol. The van der Waals surface area contributed by atoms with Crippen LogP contribution >= 0.6 is 0 Å². The zero-order valence-corrected chi connectivity index (χ0v) is 18.5. The number of pyridine rings is 1. The van der Waals surface area contributed by atoms with Gasteiger partial charge in [-0.3, -0.25) is 4.79 Å². The number of benzene rings is 1. The lowest BCUT2D eigenvalue weighted by atomic mass is 9.93. The molecule has 1 fully saturated rings. The van der Waals surface area contributed by atoms with Crippen molar-refractivity contribution in [3.05, 3.63) is 76.6 Å². The normalized spacial score (nSPS) is 15.7. The molecule has 1 aliphatic rings. The first kappa shape index (κ1) is 19.5. The molecule has 0 unspecified atom stereocenters. The minimum atomic E-state index is -0.145. The van der Waals surface area contributed by atoms with Gasteiger partial charge in [-0.1, -0.05) is 26.0 Å². The second-order valence-corrected chi connectivity index (χ2v) is 9.20. The number of nitrogens with zero attached hydrogens (tertiary/aromatic N) is 5. The van der Waals surface area contributed by atoms with Crippen molar-refractivity contribution < 1.29 is 0 Å². The summed E-state index contributed by atoms with van der Waals surface area (Å²) in [4.78, 5) is 20.1. The summed E-state index contributed by atoms with van der Waals surface area (Å²) in [5.41, 5.74) is 4.42. The first-order chi connectivity index (χ1) is 14.9. The highest BCUT2D eigenvalue weighted by Gasteiger charge is 2.29. The first-order valence-electron chi connectivity index (χ1n) is 10.7. The predicted octanol–water partition coefficient (Wildman–Crippen LogP) is 4.42. The fourth-order valence-corrected chi connectivity index (χ4v) is 4.75. The molecule has 3 aromatic heterocycles. The third kappa shape index (κ3) is 3.23. The van der Waals surface area contributed by atoms with Crippen LogP contribution in [0.25, 0.3) is 22.3 Å². The summed E-state index contributed by atoms with van der Waals surface area (Å²) in [6.45, 7) is 10.8. The van der Waals surface area contributed by atoms with Gasteiger partial charge in [-0.2, -0.15) is 9.78 Å². The summed E-state index contributed by atoms with van der Waals surface area (Å²) in [5.74, 6) is 0.526. The fourth-order valence-electron chi connectivity index (χ4n) is 4.75. The van der Waals surface area contributed by atoms with Gasteiger partial charge in [0.2, 0.25) is 0 Å². The number of anilines is 1. The summed E-state index contributed by atoms with van der Waals surface area (Å²) in [7, 11) is 0. The van der Waals surface area contributed by atoms with Crippen LogP contribution in [-0.4, -0.2) is 32.4 Å². The molecule has 1 aromatic carbocycles. The van der Waals surface area contributed by atoms with Gasteiger partial charge < -0.3 is 9.47 Å². The minimum Gasteiger partial charge on any atom is -0.371 e. The molecule has 0 radical (unpaired) electrons. The Morgan fingerprint density at radius 2 is 1.81 bits per heavy atom. The lowest BCUT2D eigenvalue weighted by Gasteiger charge is -2.22. The Kier molecular flexibility index (Phi) is 4.46. The number of hydrogen-bond donors (Lipinski definition) is 0. The molecule has 0 bridgehead atoms. The average molecular weight is 414 g/mol. The molecule has 0 saturated carbocycles. The summed E-state index contributed by atoms with van der Waals surface area (Å²) < 4.78 is 3.54. The molecule has 4 aromatic rings. The Morgan fingerprint density at radius 1 is 1.00 bits per heavy atom. The van der Waals surface area contributed by atoms with Gasteiger partial charge >= 0.3 is 0 Å². The molecule has 1 saturated heterocycles. The van der Waals surface area contributed by atoms with Crippen LogP contribution in [0.2, 0.25) is 0 Å². The van der Waals surface area contributed by atoms with Crippen molar-refractivity contribution in [3.8, 4) is 11.5 Å². The number of rotatable bonds is 3. The first-order valence-corrected chi connectivity index (χ1v) is 10.7. The SMILES string of the molecule is Cc1c2cnn(-c3ccccn3)c(=O)c2c(C)n1-c1cccc(N2CCC(C)(C)C2)c1. The highest BCUT2D eigenvalue weighted by Crippen LogP contribution is 2.34. The van der Waals surface area contributed by atoms with E-state index < -0.39 is 0 Å². The van der Waals surface area contributed by atoms with Gasteiger partial charge in [-0.15, -0.1) is 0 Å². The topological polar surface area (TPSA) is 56.0 Å². The maximum Gasteiger partial charge on any atom is 0.282 e. The van der Waals surface area contributed by atoms with Crippen LogP contribution in [0.4, 0.5) is 5.69 Å². The quantitative estimate of drug-likeness (QED) is 0.499. The molecule has 6 nitrogen and oxygen atoms in total. The second-order valence-electron chi connectivity index (χ2n) is 9.20. The van der Waals surface area contributed by atoms with E-state index in [0.29, 0.717) is 16.6 Å². The highest BCUT2D eigenvalue weighted by atomic mass is 16.1. The number of aryl methyl sites for hydroxylation is 2. The summed E-state index contributed by atoms with van der Waals surface area (Å²) in [5, 5.41) is 5.97. The van der Waals surface area contributed by atoms with Gasteiger partial charge in [0.05, 0.1) is 11.6 Å². The van der Waals surface area contributed by atoms with E-state index in [9.17, 15) is 4.79 Å². The molecular weight excluding hydrogens is 386 g/mol. The van der Waals surface area contributed by atoms with E-state index in [4.69, 9.17) is 0 Å². The van der Waals surface area contributed by atoms with Gasteiger partial charge in [-0.05, 0) is 56.0 Å². The van der Waals surface area contributed by atoms with E-state index >= 15 is 0 Å². The van der Waals surface area contributed by atoms with Crippen molar-refractivity contribution >= 4 is 16.5 Å². The lowest BCUT2D eigenvalue weighted by Crippen LogP contribution is -2.22. The molecule has 5 rings (SSSR count). The number of hydrogen-bond acceptors (Lipinski definition) is 4. The van der Waals surface area contributed by atoms with Gasteiger partial charge in [-0.25, -0.2) is 4.98 Å². The molecule has 0 spiro atoms. The lowest BCUT2D eigenvalue weighted by molar-refractivity contribution is 0.418. The van der Waals surface area contributed by atoms with E-state index in [2.05, 4.69) is 57.7 Å². The van der Waals surface area contributed by atoms with Crippen LogP contribution in [0, 0.1) is 19.3 Å². The highest BCUT2D eigenvalue weighted by molar-refractivity contribution is 5.88. The van der Waals surface area contributed by atoms with Crippen LogP contribution in [0.15, 0.2) is 59.7 Å². The Labute approximate surface area is 181 Å². The summed E-state index contributed by atoms with van der Waals surface area (Å²) >= 11 is 0. The van der Waals surface area contributed by atoms with Gasteiger partial charge in [0, 0.05) is 47.4 Å². The molecule has 6 heteroatoms. The minimum absolute atomic E-state index is 0.145. The maximum absolute atomic E-state index is 13.3. The third-order valence-electron chi connectivity index (χ3n) is 6.40. The van der Waals surface area contributed by atoms with E-state index in [1.54, 1.807) is 18.5 Å². The van der Waals surface area contributed by atoms with Crippen LogP contribution in [0.5, 0.6) is 0 Å². The molecule has 0 amide bonds. The fraction of sp³-hybridized carbons (Fsp3) is 0.320. The third-order valence-corrected chi connectivity index (χ3v) is 6.40. The van der Waals surface area contributed by atoms with Gasteiger partial charge in [0.25, 0.3) is 5.56 Å². The van der Waals surface area contributed by atoms with E-state index in [1.807, 2.05) is 26.0 Å². The number of aromatic nitrogens is 4. The van der Waals surface area contributed by atoms with Crippen molar-refractivity contribution in [2.24, 2.45) is 5.41 Å². The number of fused-ring (bicyclic) bond motifs is 1. The standard InChI is InChI=1S/C25H27N5O/c1-17-21-15-27-30(22-10-5-6-12-26-22)24(31)23(21)18(2)29(17)20-9-7-8-19(14-20)28-13-11-25(3,4)16-28/h5-10,12,14-15H,11,13,16H2,1-4H3. The second kappa shape index (κ2) is 7.08. The summed E-state index contributed by atoms with van der Waals surface area (Å²) in [6, 6.07) is 14.1. The van der Waals surface area contributed by atoms with Gasteiger partial charge in [0.15, 0.2) is 5.82 Å². The van der Waals surface area contributed by atoms with Crippen LogP contribution in [-0.2, 0) is 0 Å². The van der Waals surface area contributed by atoms with Crippen LogP contribution in [0.3, 0.4) is 0 Å². The van der Waals surface area contributed by atoms with Crippen molar-refractivity contribution in [2.45, 2.75) is 34.1 Å². The zero-order chi connectivity index (χ0) is 21.8.